The highest BCUT2D eigenvalue weighted by Crippen LogP contribution is 2.21. The molecule has 0 aliphatic heterocycles. The van der Waals surface area contributed by atoms with E-state index in [1.165, 1.54) is 5.56 Å². The van der Waals surface area contributed by atoms with Crippen molar-refractivity contribution >= 4 is 5.69 Å². The van der Waals surface area contributed by atoms with Gasteiger partial charge in [0.05, 0.1) is 7.11 Å². The Labute approximate surface area is 107 Å². The highest BCUT2D eigenvalue weighted by atomic mass is 16.5. The lowest BCUT2D eigenvalue weighted by atomic mass is 10.1. The summed E-state index contributed by atoms with van der Waals surface area (Å²) in [5.74, 6) is 1.15. The number of rotatable bonds is 4. The molecular formula is C15H17NO2. The van der Waals surface area contributed by atoms with Crippen LogP contribution in [0.2, 0.25) is 0 Å². The Bertz CT molecular complexity index is 521. The van der Waals surface area contributed by atoms with Crippen LogP contribution in [0.3, 0.4) is 0 Å². The van der Waals surface area contributed by atoms with Gasteiger partial charge in [-0.25, -0.2) is 0 Å². The molecule has 2 aromatic rings. The third-order valence-corrected chi connectivity index (χ3v) is 2.85. The highest BCUT2D eigenvalue weighted by molar-refractivity contribution is 5.53. The van der Waals surface area contributed by atoms with E-state index in [4.69, 9.17) is 4.74 Å². The second kappa shape index (κ2) is 5.45. The van der Waals surface area contributed by atoms with Crippen LogP contribution < -0.4 is 10.1 Å². The number of aromatic hydroxyl groups is 1. The van der Waals surface area contributed by atoms with Gasteiger partial charge in [0.1, 0.15) is 11.5 Å². The van der Waals surface area contributed by atoms with Crippen LogP contribution in [0, 0.1) is 6.92 Å². The highest BCUT2D eigenvalue weighted by Gasteiger charge is 1.99. The van der Waals surface area contributed by atoms with E-state index in [9.17, 15) is 5.11 Å². The zero-order valence-corrected chi connectivity index (χ0v) is 10.6. The molecule has 3 nitrogen and oxygen atoms in total. The van der Waals surface area contributed by atoms with Crippen LogP contribution in [-0.2, 0) is 6.54 Å². The number of anilines is 1. The minimum Gasteiger partial charge on any atom is -0.508 e. The maximum Gasteiger partial charge on any atom is 0.118 e. The van der Waals surface area contributed by atoms with Crippen molar-refractivity contribution in [2.75, 3.05) is 12.4 Å². The number of benzene rings is 2. The lowest BCUT2D eigenvalue weighted by Crippen LogP contribution is -2.00. The van der Waals surface area contributed by atoms with Gasteiger partial charge in [-0.1, -0.05) is 12.1 Å². The van der Waals surface area contributed by atoms with Crippen LogP contribution in [0.1, 0.15) is 11.1 Å². The first-order valence-electron chi connectivity index (χ1n) is 5.85. The van der Waals surface area contributed by atoms with Crippen molar-refractivity contribution < 1.29 is 9.84 Å². The van der Waals surface area contributed by atoms with Crippen molar-refractivity contribution in [3.63, 3.8) is 0 Å². The number of hydrogen-bond donors (Lipinski definition) is 2. The van der Waals surface area contributed by atoms with Gasteiger partial charge in [-0.2, -0.15) is 0 Å². The number of hydrogen-bond acceptors (Lipinski definition) is 3. The average molecular weight is 243 g/mol. The third kappa shape index (κ3) is 2.94. The molecule has 0 amide bonds. The maximum atomic E-state index is 9.34. The zero-order chi connectivity index (χ0) is 13.0. The van der Waals surface area contributed by atoms with Crippen molar-refractivity contribution in [2.24, 2.45) is 0 Å². The van der Waals surface area contributed by atoms with Crippen molar-refractivity contribution in [1.29, 1.82) is 0 Å². The van der Waals surface area contributed by atoms with Crippen molar-refractivity contribution in [3.05, 3.63) is 53.6 Å². The Morgan fingerprint density at radius 1 is 1.11 bits per heavy atom. The van der Waals surface area contributed by atoms with E-state index < -0.39 is 0 Å². The monoisotopic (exact) mass is 243 g/mol. The normalized spacial score (nSPS) is 10.1. The van der Waals surface area contributed by atoms with E-state index in [2.05, 4.69) is 5.32 Å². The molecule has 0 spiro atoms. The molecule has 0 atom stereocenters. The van der Waals surface area contributed by atoms with Gasteiger partial charge in [-0.3, -0.25) is 0 Å². The summed E-state index contributed by atoms with van der Waals surface area (Å²) in [6.07, 6.45) is 0. The molecule has 0 saturated heterocycles. The van der Waals surface area contributed by atoms with Crippen molar-refractivity contribution in [2.45, 2.75) is 13.5 Å². The molecule has 94 valence electrons. The number of phenols is 1. The Kier molecular flexibility index (Phi) is 3.72. The van der Waals surface area contributed by atoms with Gasteiger partial charge >= 0.3 is 0 Å². The summed E-state index contributed by atoms with van der Waals surface area (Å²) in [7, 11) is 1.66. The van der Waals surface area contributed by atoms with E-state index in [-0.39, 0.29) is 0 Å². The molecular weight excluding hydrogens is 226 g/mol. The molecule has 0 aromatic heterocycles. The quantitative estimate of drug-likeness (QED) is 0.809. The minimum absolute atomic E-state index is 0.294. The first-order chi connectivity index (χ1) is 8.69. The topological polar surface area (TPSA) is 41.5 Å². The number of methoxy groups -OCH3 is 1. The van der Waals surface area contributed by atoms with Crippen LogP contribution >= 0.6 is 0 Å². The standard InChI is InChI=1S/C15H17NO2/c1-11-9-13(17)5-8-15(11)16-10-12-3-6-14(18-2)7-4-12/h3-9,16-17H,10H2,1-2H3. The first kappa shape index (κ1) is 12.3. The van der Waals surface area contributed by atoms with E-state index in [0.717, 1.165) is 23.5 Å². The Hall–Kier alpha value is -2.16. The summed E-state index contributed by atoms with van der Waals surface area (Å²) >= 11 is 0. The minimum atomic E-state index is 0.294. The van der Waals surface area contributed by atoms with E-state index >= 15 is 0 Å². The number of nitrogens with one attached hydrogen (secondary N) is 1. The SMILES string of the molecule is COc1ccc(CNc2ccc(O)cc2C)cc1. The molecule has 0 unspecified atom stereocenters. The van der Waals surface area contributed by atoms with Crippen LogP contribution in [0.4, 0.5) is 5.69 Å². The summed E-state index contributed by atoms with van der Waals surface area (Å²) in [4.78, 5) is 0. The Balaban J connectivity index is 2.02. The van der Waals surface area contributed by atoms with Gasteiger partial charge in [0.2, 0.25) is 0 Å². The van der Waals surface area contributed by atoms with Gasteiger partial charge in [0, 0.05) is 12.2 Å². The Morgan fingerprint density at radius 3 is 2.44 bits per heavy atom. The molecule has 0 heterocycles. The van der Waals surface area contributed by atoms with E-state index in [0.29, 0.717) is 5.75 Å². The van der Waals surface area contributed by atoms with Crippen LogP contribution in [0.25, 0.3) is 0 Å². The summed E-state index contributed by atoms with van der Waals surface area (Å²) in [6.45, 7) is 2.71. The molecule has 0 bridgehead atoms. The van der Waals surface area contributed by atoms with Crippen LogP contribution in [0.15, 0.2) is 42.5 Å². The molecule has 0 aliphatic carbocycles. The molecule has 0 saturated carbocycles. The zero-order valence-electron chi connectivity index (χ0n) is 10.6. The molecule has 18 heavy (non-hydrogen) atoms. The van der Waals surface area contributed by atoms with Gasteiger partial charge in [-0.15, -0.1) is 0 Å². The lowest BCUT2D eigenvalue weighted by molar-refractivity contribution is 0.414. The predicted molar refractivity (Wildman–Crippen MR) is 73.2 cm³/mol. The summed E-state index contributed by atoms with van der Waals surface area (Å²) in [6, 6.07) is 13.3. The smallest absolute Gasteiger partial charge is 0.118 e. The molecule has 0 fully saturated rings. The lowest BCUT2D eigenvalue weighted by Gasteiger charge is -2.10. The number of ether oxygens (including phenoxy) is 1. The first-order valence-corrected chi connectivity index (χ1v) is 5.85. The fourth-order valence-corrected chi connectivity index (χ4v) is 1.79. The van der Waals surface area contributed by atoms with Crippen molar-refractivity contribution in [3.8, 4) is 11.5 Å². The number of phenolic OH excluding ortho intramolecular Hbond substituents is 1. The third-order valence-electron chi connectivity index (χ3n) is 2.85. The largest absolute Gasteiger partial charge is 0.508 e. The molecule has 2 N–H and O–H groups in total. The second-order valence-electron chi connectivity index (χ2n) is 4.20. The molecule has 3 heteroatoms. The van der Waals surface area contributed by atoms with Gasteiger partial charge < -0.3 is 15.2 Å². The Morgan fingerprint density at radius 2 is 1.83 bits per heavy atom. The van der Waals surface area contributed by atoms with Gasteiger partial charge in [0.25, 0.3) is 0 Å². The fraction of sp³-hybridized carbons (Fsp3) is 0.200. The van der Waals surface area contributed by atoms with Gasteiger partial charge in [-0.05, 0) is 48.4 Å². The summed E-state index contributed by atoms with van der Waals surface area (Å²) in [5.41, 5.74) is 3.25. The molecule has 0 radical (unpaired) electrons. The predicted octanol–water partition coefficient (Wildman–Crippen LogP) is 3.32. The number of aryl methyl sites for hydroxylation is 1. The average Bonchev–Trinajstić information content (AvgIpc) is 2.38. The fourth-order valence-electron chi connectivity index (χ4n) is 1.79. The van der Waals surface area contributed by atoms with Crippen LogP contribution in [0.5, 0.6) is 11.5 Å². The molecule has 0 aliphatic rings. The van der Waals surface area contributed by atoms with E-state index in [1.54, 1.807) is 19.2 Å². The van der Waals surface area contributed by atoms with Crippen molar-refractivity contribution in [1.82, 2.24) is 0 Å². The summed E-state index contributed by atoms with van der Waals surface area (Å²) in [5, 5.41) is 12.7. The molecule has 2 aromatic carbocycles. The van der Waals surface area contributed by atoms with Gasteiger partial charge in [0.15, 0.2) is 0 Å². The summed E-state index contributed by atoms with van der Waals surface area (Å²) < 4.78 is 5.12. The maximum absolute atomic E-state index is 9.34. The second-order valence-corrected chi connectivity index (χ2v) is 4.20. The molecule has 2 rings (SSSR count). The van der Waals surface area contributed by atoms with E-state index in [1.807, 2.05) is 37.3 Å². The van der Waals surface area contributed by atoms with Crippen LogP contribution in [-0.4, -0.2) is 12.2 Å².